The first-order valence-electron chi connectivity index (χ1n) is 6.97. The number of carbonyl (C=O) groups excluding carboxylic acids is 1. The average molecular weight is 239 g/mol. The lowest BCUT2D eigenvalue weighted by Crippen LogP contribution is -2.47. The van der Waals surface area contributed by atoms with Gasteiger partial charge in [0, 0.05) is 19.0 Å². The second kappa shape index (κ2) is 6.36. The van der Waals surface area contributed by atoms with Crippen molar-refractivity contribution in [3.63, 3.8) is 0 Å². The molecule has 2 N–H and O–H groups in total. The highest BCUT2D eigenvalue weighted by molar-refractivity contribution is 5.76. The third-order valence-corrected chi connectivity index (χ3v) is 3.95. The fourth-order valence-electron chi connectivity index (χ4n) is 2.58. The Balaban J connectivity index is 1.60. The molecule has 17 heavy (non-hydrogen) atoms. The highest BCUT2D eigenvalue weighted by atomic mass is 16.1. The van der Waals surface area contributed by atoms with Crippen LogP contribution in [0.15, 0.2) is 0 Å². The summed E-state index contributed by atoms with van der Waals surface area (Å²) in [5.74, 6) is 0.792. The Morgan fingerprint density at radius 3 is 2.65 bits per heavy atom. The van der Waals surface area contributed by atoms with Crippen molar-refractivity contribution in [1.82, 2.24) is 15.5 Å². The summed E-state index contributed by atoms with van der Waals surface area (Å²) in [5, 5.41) is 6.27. The highest BCUT2D eigenvalue weighted by Gasteiger charge is 2.21. The normalized spacial score (nSPS) is 24.1. The Kier molecular flexibility index (Phi) is 4.80. The minimum atomic E-state index is 0.223. The van der Waals surface area contributed by atoms with Crippen LogP contribution in [0.2, 0.25) is 0 Å². The Labute approximate surface area is 104 Å². The van der Waals surface area contributed by atoms with Gasteiger partial charge in [-0.05, 0) is 51.9 Å². The van der Waals surface area contributed by atoms with Gasteiger partial charge in [0.25, 0.3) is 0 Å². The molecule has 0 aromatic heterocycles. The molecule has 98 valence electrons. The van der Waals surface area contributed by atoms with Crippen LogP contribution in [-0.2, 0) is 4.79 Å². The summed E-state index contributed by atoms with van der Waals surface area (Å²) in [4.78, 5) is 14.2. The molecule has 2 heterocycles. The minimum absolute atomic E-state index is 0.223. The van der Waals surface area contributed by atoms with E-state index in [0.717, 1.165) is 19.6 Å². The van der Waals surface area contributed by atoms with Gasteiger partial charge in [0.1, 0.15) is 0 Å². The van der Waals surface area contributed by atoms with E-state index >= 15 is 0 Å². The summed E-state index contributed by atoms with van der Waals surface area (Å²) in [6.45, 7) is 7.44. The molecule has 0 bridgehead atoms. The Bertz CT molecular complexity index is 247. The van der Waals surface area contributed by atoms with Crippen molar-refractivity contribution >= 4 is 5.91 Å². The van der Waals surface area contributed by atoms with E-state index in [1.54, 1.807) is 0 Å². The van der Waals surface area contributed by atoms with Gasteiger partial charge in [-0.2, -0.15) is 0 Å². The molecule has 0 spiro atoms. The van der Waals surface area contributed by atoms with Crippen LogP contribution in [0, 0.1) is 5.92 Å². The molecule has 0 radical (unpaired) electrons. The summed E-state index contributed by atoms with van der Waals surface area (Å²) in [6, 6.07) is 0.485. The molecular formula is C13H25N3O. The van der Waals surface area contributed by atoms with Crippen molar-refractivity contribution in [1.29, 1.82) is 0 Å². The lowest BCUT2D eigenvalue weighted by Gasteiger charge is -2.32. The molecular weight excluding hydrogens is 214 g/mol. The molecule has 1 unspecified atom stereocenters. The summed E-state index contributed by atoms with van der Waals surface area (Å²) >= 11 is 0. The molecule has 2 aliphatic heterocycles. The maximum atomic E-state index is 11.7. The molecule has 0 aromatic carbocycles. The van der Waals surface area contributed by atoms with Crippen LogP contribution in [-0.4, -0.2) is 49.6 Å². The summed E-state index contributed by atoms with van der Waals surface area (Å²) in [6.07, 6.45) is 4.68. The predicted octanol–water partition coefficient (Wildman–Crippen LogP) is 0.587. The molecule has 1 atom stereocenters. The van der Waals surface area contributed by atoms with Crippen LogP contribution in [0.25, 0.3) is 0 Å². The number of nitrogens with one attached hydrogen (secondary N) is 2. The van der Waals surface area contributed by atoms with E-state index in [4.69, 9.17) is 0 Å². The van der Waals surface area contributed by atoms with Gasteiger partial charge in [-0.1, -0.05) is 6.42 Å². The van der Waals surface area contributed by atoms with Gasteiger partial charge in [-0.15, -0.1) is 0 Å². The number of amides is 1. The summed E-state index contributed by atoms with van der Waals surface area (Å²) in [5.41, 5.74) is 0. The van der Waals surface area contributed by atoms with Crippen molar-refractivity contribution in [3.05, 3.63) is 0 Å². The van der Waals surface area contributed by atoms with Crippen molar-refractivity contribution in [2.75, 3.05) is 32.7 Å². The molecule has 4 nitrogen and oxygen atoms in total. The first kappa shape index (κ1) is 12.8. The van der Waals surface area contributed by atoms with Gasteiger partial charge in [-0.25, -0.2) is 0 Å². The third-order valence-electron chi connectivity index (χ3n) is 3.95. The molecule has 1 amide bonds. The van der Waals surface area contributed by atoms with Crippen LogP contribution in [0.1, 0.15) is 32.6 Å². The fourth-order valence-corrected chi connectivity index (χ4v) is 2.58. The van der Waals surface area contributed by atoms with E-state index in [0.29, 0.717) is 18.4 Å². The number of rotatable bonds is 5. The minimum Gasteiger partial charge on any atom is -0.355 e. The standard InChI is InChI=1S/C13H25N3O/c1-11(16-5-3-2-4-6-16)8-15-13(17)7-12-9-14-10-12/h11-12,14H,2-10H2,1H3,(H,15,17). The number of piperidine rings is 1. The van der Waals surface area contributed by atoms with Crippen molar-refractivity contribution in [3.8, 4) is 0 Å². The molecule has 0 aliphatic carbocycles. The largest absolute Gasteiger partial charge is 0.355 e. The molecule has 2 saturated heterocycles. The number of hydrogen-bond donors (Lipinski definition) is 2. The monoisotopic (exact) mass is 239 g/mol. The van der Waals surface area contributed by atoms with Crippen LogP contribution in [0.3, 0.4) is 0 Å². The van der Waals surface area contributed by atoms with Gasteiger partial charge in [0.2, 0.25) is 5.91 Å². The van der Waals surface area contributed by atoms with Crippen molar-refractivity contribution < 1.29 is 4.79 Å². The van der Waals surface area contributed by atoms with Crippen molar-refractivity contribution in [2.24, 2.45) is 5.92 Å². The first-order chi connectivity index (χ1) is 8.25. The van der Waals surface area contributed by atoms with Crippen LogP contribution in [0.5, 0.6) is 0 Å². The van der Waals surface area contributed by atoms with E-state index in [1.807, 2.05) is 0 Å². The summed E-state index contributed by atoms with van der Waals surface area (Å²) < 4.78 is 0. The number of likely N-dealkylation sites (tertiary alicyclic amines) is 1. The van der Waals surface area contributed by atoms with E-state index in [9.17, 15) is 4.79 Å². The molecule has 2 aliphatic rings. The molecule has 2 rings (SSSR count). The average Bonchev–Trinajstić information content (AvgIpc) is 2.32. The maximum Gasteiger partial charge on any atom is 0.220 e. The zero-order valence-electron chi connectivity index (χ0n) is 10.9. The predicted molar refractivity (Wildman–Crippen MR) is 68.9 cm³/mol. The van der Waals surface area contributed by atoms with Gasteiger partial charge in [0.05, 0.1) is 0 Å². The first-order valence-corrected chi connectivity index (χ1v) is 6.97. The third kappa shape index (κ3) is 3.96. The molecule has 4 heteroatoms. The number of carbonyl (C=O) groups is 1. The molecule has 0 saturated carbocycles. The fraction of sp³-hybridized carbons (Fsp3) is 0.923. The Morgan fingerprint density at radius 2 is 2.06 bits per heavy atom. The topological polar surface area (TPSA) is 44.4 Å². The van der Waals surface area contributed by atoms with Gasteiger partial charge >= 0.3 is 0 Å². The maximum absolute atomic E-state index is 11.7. The quantitative estimate of drug-likeness (QED) is 0.738. The van der Waals surface area contributed by atoms with Crippen molar-refractivity contribution in [2.45, 2.75) is 38.6 Å². The molecule has 2 fully saturated rings. The van der Waals surface area contributed by atoms with E-state index < -0.39 is 0 Å². The highest BCUT2D eigenvalue weighted by Crippen LogP contribution is 2.12. The zero-order valence-corrected chi connectivity index (χ0v) is 10.9. The van der Waals surface area contributed by atoms with Crippen LogP contribution < -0.4 is 10.6 Å². The van der Waals surface area contributed by atoms with Crippen LogP contribution in [0.4, 0.5) is 0 Å². The van der Waals surface area contributed by atoms with E-state index in [-0.39, 0.29) is 5.91 Å². The Hall–Kier alpha value is -0.610. The lowest BCUT2D eigenvalue weighted by molar-refractivity contribution is -0.122. The zero-order chi connectivity index (χ0) is 12.1. The van der Waals surface area contributed by atoms with Gasteiger partial charge in [-0.3, -0.25) is 9.69 Å². The second-order valence-corrected chi connectivity index (χ2v) is 5.48. The second-order valence-electron chi connectivity index (χ2n) is 5.48. The smallest absolute Gasteiger partial charge is 0.220 e. The number of nitrogens with zero attached hydrogens (tertiary/aromatic N) is 1. The van der Waals surface area contributed by atoms with Gasteiger partial charge < -0.3 is 10.6 Å². The summed E-state index contributed by atoms with van der Waals surface area (Å²) in [7, 11) is 0. The SMILES string of the molecule is CC(CNC(=O)CC1CNC1)N1CCCCC1. The Morgan fingerprint density at radius 1 is 1.35 bits per heavy atom. The lowest BCUT2D eigenvalue weighted by atomic mass is 9.99. The van der Waals surface area contributed by atoms with E-state index in [2.05, 4.69) is 22.5 Å². The van der Waals surface area contributed by atoms with E-state index in [1.165, 1.54) is 32.4 Å². The van der Waals surface area contributed by atoms with Crippen LogP contribution >= 0.6 is 0 Å². The molecule has 0 aromatic rings. The van der Waals surface area contributed by atoms with Gasteiger partial charge in [0.15, 0.2) is 0 Å². The number of hydrogen-bond acceptors (Lipinski definition) is 3.